The molecule has 0 bridgehead atoms. The molecule has 0 aromatic carbocycles. The summed E-state index contributed by atoms with van der Waals surface area (Å²) in [6, 6.07) is -0.118. The molecule has 0 saturated carbocycles. The average molecular weight is 269 g/mol. The molecule has 2 aliphatic rings. The second-order valence-corrected chi connectivity index (χ2v) is 6.44. The molecule has 0 aromatic rings. The van der Waals surface area contributed by atoms with Gasteiger partial charge in [-0.3, -0.25) is 4.90 Å². The lowest BCUT2D eigenvalue weighted by Gasteiger charge is -2.45. The van der Waals surface area contributed by atoms with Crippen molar-refractivity contribution in [1.82, 2.24) is 4.90 Å². The van der Waals surface area contributed by atoms with Crippen molar-refractivity contribution in [3.8, 4) is 0 Å². The Morgan fingerprint density at radius 3 is 2.74 bits per heavy atom. The Hall–Kier alpha value is -1.07. The largest absolute Gasteiger partial charge is 0.443 e. The van der Waals surface area contributed by atoms with Crippen LogP contribution < -0.4 is 0 Å². The van der Waals surface area contributed by atoms with E-state index in [-0.39, 0.29) is 18.2 Å². The summed E-state index contributed by atoms with van der Waals surface area (Å²) < 4.78 is 16.9. The Bertz CT molecular complexity index is 383. The second-order valence-electron chi connectivity index (χ2n) is 6.44. The molecule has 2 aliphatic heterocycles. The number of hydrogen-bond acceptors (Lipinski definition) is 4. The molecular formula is C14H23NO4. The minimum atomic E-state index is -0.591. The zero-order valence-electron chi connectivity index (χ0n) is 12.3. The van der Waals surface area contributed by atoms with Crippen molar-refractivity contribution >= 4 is 6.09 Å². The first-order valence-corrected chi connectivity index (χ1v) is 6.68. The molecule has 108 valence electrons. The molecule has 2 heterocycles. The van der Waals surface area contributed by atoms with Crippen LogP contribution in [0.1, 0.15) is 41.0 Å². The summed E-state index contributed by atoms with van der Waals surface area (Å²) in [6.45, 7) is 9.80. The predicted octanol–water partition coefficient (Wildman–Crippen LogP) is 2.66. The van der Waals surface area contributed by atoms with Gasteiger partial charge in [-0.15, -0.1) is 0 Å². The summed E-state index contributed by atoms with van der Waals surface area (Å²) in [5.74, 6) is -0.591. The molecule has 0 radical (unpaired) electrons. The highest BCUT2D eigenvalue weighted by molar-refractivity contribution is 5.70. The quantitative estimate of drug-likeness (QED) is 0.678. The number of ether oxygens (including phenoxy) is 3. The van der Waals surface area contributed by atoms with E-state index in [1.807, 2.05) is 40.7 Å². The molecule has 2 rings (SSSR count). The van der Waals surface area contributed by atoms with Gasteiger partial charge < -0.3 is 14.2 Å². The van der Waals surface area contributed by atoms with Crippen molar-refractivity contribution in [3.05, 3.63) is 12.3 Å². The summed E-state index contributed by atoms with van der Waals surface area (Å²) in [4.78, 5) is 13.7. The van der Waals surface area contributed by atoms with Crippen molar-refractivity contribution in [2.45, 2.75) is 64.6 Å². The highest BCUT2D eigenvalue weighted by Gasteiger charge is 2.42. The fraction of sp³-hybridized carbons (Fsp3) is 0.786. The van der Waals surface area contributed by atoms with Crippen LogP contribution in [0.5, 0.6) is 0 Å². The number of fused-ring (bicyclic) bond motifs is 1. The number of carbonyl (C=O) groups is 1. The summed E-state index contributed by atoms with van der Waals surface area (Å²) in [5.41, 5.74) is -0.506. The van der Waals surface area contributed by atoms with Crippen LogP contribution in [0.25, 0.3) is 0 Å². The number of rotatable bonds is 0. The van der Waals surface area contributed by atoms with E-state index in [9.17, 15) is 4.79 Å². The van der Waals surface area contributed by atoms with Gasteiger partial charge in [0, 0.05) is 6.20 Å². The third-order valence-corrected chi connectivity index (χ3v) is 3.06. The molecule has 2 atom stereocenters. The minimum Gasteiger partial charge on any atom is -0.443 e. The molecular weight excluding hydrogens is 246 g/mol. The van der Waals surface area contributed by atoms with Crippen molar-refractivity contribution in [2.75, 3.05) is 6.61 Å². The van der Waals surface area contributed by atoms with Gasteiger partial charge in [0.2, 0.25) is 0 Å². The van der Waals surface area contributed by atoms with E-state index in [1.165, 1.54) is 0 Å². The maximum absolute atomic E-state index is 12.2. The molecule has 0 aromatic heterocycles. The molecule has 1 amide bonds. The Labute approximate surface area is 114 Å². The molecule has 1 fully saturated rings. The number of amides is 1. The van der Waals surface area contributed by atoms with Crippen molar-refractivity contribution in [1.29, 1.82) is 0 Å². The fourth-order valence-corrected chi connectivity index (χ4v) is 2.27. The number of nitrogens with zero attached hydrogens (tertiary/aromatic N) is 1. The van der Waals surface area contributed by atoms with Crippen LogP contribution in [0.4, 0.5) is 4.79 Å². The molecule has 0 N–H and O–H groups in total. The zero-order valence-corrected chi connectivity index (χ0v) is 12.3. The third kappa shape index (κ3) is 3.48. The lowest BCUT2D eigenvalue weighted by atomic mass is 10.0. The second kappa shape index (κ2) is 4.80. The highest BCUT2D eigenvalue weighted by atomic mass is 16.7. The molecule has 2 unspecified atom stereocenters. The maximum atomic E-state index is 12.2. The predicted molar refractivity (Wildman–Crippen MR) is 70.5 cm³/mol. The maximum Gasteiger partial charge on any atom is 0.414 e. The van der Waals surface area contributed by atoms with Gasteiger partial charge in [0.05, 0.1) is 18.8 Å². The Morgan fingerprint density at radius 2 is 2.11 bits per heavy atom. The smallest absolute Gasteiger partial charge is 0.414 e. The van der Waals surface area contributed by atoms with E-state index in [4.69, 9.17) is 14.2 Å². The standard InChI is InChI=1S/C14H23NO4/c1-13(2,3)19-12(16)15-8-6-7-11-10(15)9-17-14(4,5)18-11/h6,8,10-11H,7,9H2,1-5H3. The molecule has 1 saturated heterocycles. The van der Waals surface area contributed by atoms with E-state index in [0.29, 0.717) is 6.61 Å². The first kappa shape index (κ1) is 14.3. The lowest BCUT2D eigenvalue weighted by molar-refractivity contribution is -0.290. The summed E-state index contributed by atoms with van der Waals surface area (Å²) >= 11 is 0. The van der Waals surface area contributed by atoms with Gasteiger partial charge in [0.25, 0.3) is 0 Å². The van der Waals surface area contributed by atoms with Gasteiger partial charge in [-0.25, -0.2) is 4.79 Å². The van der Waals surface area contributed by atoms with Crippen LogP contribution in [0, 0.1) is 0 Å². The van der Waals surface area contributed by atoms with Crippen LogP contribution >= 0.6 is 0 Å². The van der Waals surface area contributed by atoms with Crippen LogP contribution in [-0.4, -0.2) is 41.1 Å². The van der Waals surface area contributed by atoms with Crippen LogP contribution in [-0.2, 0) is 14.2 Å². The van der Waals surface area contributed by atoms with Gasteiger partial charge in [0.1, 0.15) is 5.60 Å². The van der Waals surface area contributed by atoms with E-state index in [1.54, 1.807) is 11.1 Å². The minimum absolute atomic E-state index is 0.0405. The summed E-state index contributed by atoms with van der Waals surface area (Å²) in [7, 11) is 0. The van der Waals surface area contributed by atoms with E-state index >= 15 is 0 Å². The van der Waals surface area contributed by atoms with Gasteiger partial charge in [0.15, 0.2) is 5.79 Å². The molecule has 5 heteroatoms. The number of carbonyl (C=O) groups excluding carboxylic acids is 1. The molecule has 0 aliphatic carbocycles. The highest BCUT2D eigenvalue weighted by Crippen LogP contribution is 2.30. The molecule has 19 heavy (non-hydrogen) atoms. The van der Waals surface area contributed by atoms with Gasteiger partial charge in [-0.05, 0) is 41.0 Å². The van der Waals surface area contributed by atoms with Crippen LogP contribution in [0.2, 0.25) is 0 Å². The Morgan fingerprint density at radius 1 is 1.42 bits per heavy atom. The average Bonchev–Trinajstić information content (AvgIpc) is 2.24. The zero-order chi connectivity index (χ0) is 14.3. The normalized spacial score (nSPS) is 29.8. The lowest BCUT2D eigenvalue weighted by Crippen LogP contribution is -2.57. The topological polar surface area (TPSA) is 48.0 Å². The summed E-state index contributed by atoms with van der Waals surface area (Å²) in [5, 5.41) is 0. The third-order valence-electron chi connectivity index (χ3n) is 3.06. The van der Waals surface area contributed by atoms with Crippen molar-refractivity contribution in [3.63, 3.8) is 0 Å². The monoisotopic (exact) mass is 269 g/mol. The molecule has 5 nitrogen and oxygen atoms in total. The SMILES string of the molecule is CC(C)(C)OC(=O)N1C=CCC2OC(C)(C)OCC21. The first-order chi connectivity index (χ1) is 8.68. The Balaban J connectivity index is 2.08. The van der Waals surface area contributed by atoms with Gasteiger partial charge in [-0.1, -0.05) is 6.08 Å². The van der Waals surface area contributed by atoms with E-state index in [2.05, 4.69) is 0 Å². The Kier molecular flexibility index (Phi) is 3.62. The van der Waals surface area contributed by atoms with Gasteiger partial charge >= 0.3 is 6.09 Å². The van der Waals surface area contributed by atoms with Gasteiger partial charge in [-0.2, -0.15) is 0 Å². The van der Waals surface area contributed by atoms with Crippen LogP contribution in [0.15, 0.2) is 12.3 Å². The fourth-order valence-electron chi connectivity index (χ4n) is 2.27. The summed E-state index contributed by atoms with van der Waals surface area (Å²) in [6.07, 6.45) is 4.09. The first-order valence-electron chi connectivity index (χ1n) is 6.68. The van der Waals surface area contributed by atoms with Crippen LogP contribution in [0.3, 0.4) is 0 Å². The van der Waals surface area contributed by atoms with E-state index in [0.717, 1.165) is 6.42 Å². The number of hydrogen-bond donors (Lipinski definition) is 0. The van der Waals surface area contributed by atoms with Crippen molar-refractivity contribution < 1.29 is 19.0 Å². The van der Waals surface area contributed by atoms with Crippen molar-refractivity contribution in [2.24, 2.45) is 0 Å². The molecule has 0 spiro atoms. The van der Waals surface area contributed by atoms with E-state index < -0.39 is 11.4 Å².